The van der Waals surface area contributed by atoms with E-state index in [2.05, 4.69) is 15.6 Å². The molecule has 21 heavy (non-hydrogen) atoms. The van der Waals surface area contributed by atoms with Crippen LogP contribution in [0.15, 0.2) is 4.42 Å². The fraction of sp³-hybridized carbons (Fsp3) is 0.750. The van der Waals surface area contributed by atoms with E-state index < -0.39 is 0 Å². The Morgan fingerprint density at radius 3 is 2.86 bits per heavy atom. The van der Waals surface area contributed by atoms with Gasteiger partial charge in [0.05, 0.1) is 18.3 Å². The average Bonchev–Trinajstić information content (AvgIpc) is 2.83. The predicted octanol–water partition coefficient (Wildman–Crippen LogP) is 2.22. The van der Waals surface area contributed by atoms with E-state index in [-0.39, 0.29) is 11.9 Å². The monoisotopic (exact) mass is 291 g/mol. The van der Waals surface area contributed by atoms with Gasteiger partial charge in [0.1, 0.15) is 5.76 Å². The van der Waals surface area contributed by atoms with Crippen molar-refractivity contribution in [2.45, 2.75) is 71.0 Å². The largest absolute Gasteiger partial charge is 0.444 e. The highest BCUT2D eigenvalue weighted by molar-refractivity contribution is 5.81. The zero-order valence-corrected chi connectivity index (χ0v) is 12.9. The van der Waals surface area contributed by atoms with Gasteiger partial charge in [-0.05, 0) is 45.4 Å². The number of piperidine rings is 1. The van der Waals surface area contributed by atoms with Gasteiger partial charge in [-0.2, -0.15) is 0 Å². The lowest BCUT2D eigenvalue weighted by molar-refractivity contribution is -0.124. The van der Waals surface area contributed by atoms with Crippen LogP contribution in [-0.4, -0.2) is 23.0 Å². The van der Waals surface area contributed by atoms with Gasteiger partial charge in [0.25, 0.3) is 0 Å². The first kappa shape index (κ1) is 14.6. The Morgan fingerprint density at radius 1 is 1.29 bits per heavy atom. The fourth-order valence-corrected chi connectivity index (χ4v) is 3.60. The molecule has 3 rings (SSSR count). The molecule has 0 radical (unpaired) electrons. The van der Waals surface area contributed by atoms with Crippen molar-refractivity contribution in [3.63, 3.8) is 0 Å². The molecule has 0 bridgehead atoms. The number of carbonyl (C=O) groups is 1. The number of amides is 1. The van der Waals surface area contributed by atoms with Gasteiger partial charge in [-0.3, -0.25) is 4.79 Å². The Bertz CT molecular complexity index is 492. The lowest BCUT2D eigenvalue weighted by Gasteiger charge is -2.39. The molecule has 5 nitrogen and oxygen atoms in total. The SMILES string of the molecule is Cc1nc(CNC(=O)C2CCC3CCCCC3N2)oc1C. The number of rotatable bonds is 3. The number of aromatic nitrogens is 1. The minimum absolute atomic E-state index is 0.0542. The summed E-state index contributed by atoms with van der Waals surface area (Å²) >= 11 is 0. The van der Waals surface area contributed by atoms with Crippen LogP contribution in [0.25, 0.3) is 0 Å². The van der Waals surface area contributed by atoms with Gasteiger partial charge in [-0.15, -0.1) is 0 Å². The van der Waals surface area contributed by atoms with E-state index in [0.717, 1.165) is 23.8 Å². The quantitative estimate of drug-likeness (QED) is 0.896. The Hall–Kier alpha value is -1.36. The van der Waals surface area contributed by atoms with E-state index >= 15 is 0 Å². The van der Waals surface area contributed by atoms with Crippen molar-refractivity contribution in [3.8, 4) is 0 Å². The summed E-state index contributed by atoms with van der Waals surface area (Å²) in [5, 5.41) is 6.49. The maximum atomic E-state index is 12.3. The topological polar surface area (TPSA) is 67.2 Å². The molecule has 1 aliphatic carbocycles. The first-order valence-electron chi connectivity index (χ1n) is 8.10. The van der Waals surface area contributed by atoms with E-state index in [0.29, 0.717) is 18.5 Å². The first-order chi connectivity index (χ1) is 10.1. The van der Waals surface area contributed by atoms with Crippen molar-refractivity contribution in [1.82, 2.24) is 15.6 Å². The second-order valence-electron chi connectivity index (χ2n) is 6.41. The molecule has 0 aromatic carbocycles. The molecule has 1 aliphatic heterocycles. The van der Waals surface area contributed by atoms with Crippen molar-refractivity contribution in [3.05, 3.63) is 17.3 Å². The van der Waals surface area contributed by atoms with Gasteiger partial charge in [0.2, 0.25) is 11.8 Å². The highest BCUT2D eigenvalue weighted by Crippen LogP contribution is 2.32. The Balaban J connectivity index is 1.51. The van der Waals surface area contributed by atoms with Crippen LogP contribution in [0.4, 0.5) is 0 Å². The number of aryl methyl sites for hydroxylation is 2. The molecule has 1 saturated carbocycles. The smallest absolute Gasteiger partial charge is 0.237 e. The van der Waals surface area contributed by atoms with Crippen molar-refractivity contribution in [2.24, 2.45) is 5.92 Å². The van der Waals surface area contributed by atoms with Gasteiger partial charge < -0.3 is 15.1 Å². The third-order valence-corrected chi connectivity index (χ3v) is 4.95. The van der Waals surface area contributed by atoms with Crippen LogP contribution in [0.5, 0.6) is 0 Å². The maximum absolute atomic E-state index is 12.3. The van der Waals surface area contributed by atoms with Crippen LogP contribution in [-0.2, 0) is 11.3 Å². The van der Waals surface area contributed by atoms with Gasteiger partial charge in [0, 0.05) is 6.04 Å². The molecular weight excluding hydrogens is 266 g/mol. The summed E-state index contributed by atoms with van der Waals surface area (Å²) in [5.41, 5.74) is 0.889. The number of hydrogen-bond acceptors (Lipinski definition) is 4. The molecular formula is C16H25N3O2. The summed E-state index contributed by atoms with van der Waals surface area (Å²) in [7, 11) is 0. The van der Waals surface area contributed by atoms with Gasteiger partial charge >= 0.3 is 0 Å². The zero-order chi connectivity index (χ0) is 14.8. The fourth-order valence-electron chi connectivity index (χ4n) is 3.60. The molecule has 2 fully saturated rings. The molecule has 2 N–H and O–H groups in total. The van der Waals surface area contributed by atoms with Crippen LogP contribution in [0.3, 0.4) is 0 Å². The van der Waals surface area contributed by atoms with Crippen molar-refractivity contribution in [1.29, 1.82) is 0 Å². The number of nitrogens with zero attached hydrogens (tertiary/aromatic N) is 1. The standard InChI is InChI=1S/C16H25N3O2/c1-10-11(2)21-15(18-10)9-17-16(20)14-8-7-12-5-3-4-6-13(12)19-14/h12-14,19H,3-9H2,1-2H3,(H,17,20). The van der Waals surface area contributed by atoms with Gasteiger partial charge in [-0.1, -0.05) is 12.8 Å². The molecule has 2 aliphatic rings. The molecule has 1 saturated heterocycles. The molecule has 2 heterocycles. The summed E-state index contributed by atoms with van der Waals surface area (Å²) in [6.45, 7) is 4.18. The van der Waals surface area contributed by atoms with Crippen molar-refractivity contribution < 1.29 is 9.21 Å². The van der Waals surface area contributed by atoms with E-state index in [4.69, 9.17) is 4.42 Å². The van der Waals surface area contributed by atoms with Crippen molar-refractivity contribution >= 4 is 5.91 Å². The zero-order valence-electron chi connectivity index (χ0n) is 12.9. The Kier molecular flexibility index (Phi) is 4.29. The van der Waals surface area contributed by atoms with E-state index in [1.165, 1.54) is 32.1 Å². The minimum atomic E-state index is -0.0542. The normalized spacial score (nSPS) is 29.0. The lowest BCUT2D eigenvalue weighted by atomic mass is 9.77. The predicted molar refractivity (Wildman–Crippen MR) is 79.7 cm³/mol. The molecule has 116 valence electrons. The van der Waals surface area contributed by atoms with E-state index in [9.17, 15) is 4.79 Å². The third kappa shape index (κ3) is 3.28. The van der Waals surface area contributed by atoms with Crippen LogP contribution in [0.1, 0.15) is 55.9 Å². The summed E-state index contributed by atoms with van der Waals surface area (Å²) in [4.78, 5) is 16.6. The maximum Gasteiger partial charge on any atom is 0.237 e. The highest BCUT2D eigenvalue weighted by atomic mass is 16.4. The van der Waals surface area contributed by atoms with Gasteiger partial charge in [0.15, 0.2) is 0 Å². The minimum Gasteiger partial charge on any atom is -0.444 e. The summed E-state index contributed by atoms with van der Waals surface area (Å²) in [5.74, 6) is 2.26. The van der Waals surface area contributed by atoms with Gasteiger partial charge in [-0.25, -0.2) is 4.98 Å². The first-order valence-corrected chi connectivity index (χ1v) is 8.10. The molecule has 1 aromatic rings. The number of nitrogens with one attached hydrogen (secondary N) is 2. The summed E-state index contributed by atoms with van der Waals surface area (Å²) in [6, 6.07) is 0.482. The number of oxazole rings is 1. The molecule has 3 atom stereocenters. The molecule has 1 amide bonds. The van der Waals surface area contributed by atoms with Crippen LogP contribution in [0.2, 0.25) is 0 Å². The van der Waals surface area contributed by atoms with Crippen molar-refractivity contribution in [2.75, 3.05) is 0 Å². The average molecular weight is 291 g/mol. The van der Waals surface area contributed by atoms with E-state index in [1.54, 1.807) is 0 Å². The molecule has 3 unspecified atom stereocenters. The number of hydrogen-bond donors (Lipinski definition) is 2. The Morgan fingerprint density at radius 2 is 2.10 bits per heavy atom. The molecule has 1 aromatic heterocycles. The summed E-state index contributed by atoms with van der Waals surface area (Å²) in [6.07, 6.45) is 7.29. The second kappa shape index (κ2) is 6.18. The summed E-state index contributed by atoms with van der Waals surface area (Å²) < 4.78 is 5.49. The highest BCUT2D eigenvalue weighted by Gasteiger charge is 2.34. The van der Waals surface area contributed by atoms with Crippen LogP contribution < -0.4 is 10.6 Å². The molecule has 5 heteroatoms. The number of carbonyl (C=O) groups excluding carboxylic acids is 1. The number of fused-ring (bicyclic) bond motifs is 1. The molecule has 0 spiro atoms. The third-order valence-electron chi connectivity index (χ3n) is 4.95. The lowest BCUT2D eigenvalue weighted by Crippen LogP contribution is -2.54. The Labute approximate surface area is 125 Å². The van der Waals surface area contributed by atoms with Crippen LogP contribution >= 0.6 is 0 Å². The van der Waals surface area contributed by atoms with Crippen LogP contribution in [0, 0.1) is 19.8 Å². The second-order valence-corrected chi connectivity index (χ2v) is 6.41. The van der Waals surface area contributed by atoms with E-state index in [1.807, 2.05) is 13.8 Å².